The summed E-state index contributed by atoms with van der Waals surface area (Å²) in [5.74, 6) is 7.03. The normalized spacial score (nSPS) is 10.8. The van der Waals surface area contributed by atoms with Crippen molar-refractivity contribution in [3.05, 3.63) is 81.5 Å². The van der Waals surface area contributed by atoms with Crippen LogP contribution in [0.15, 0.2) is 59.5 Å². The molecule has 0 unspecified atom stereocenters. The fraction of sp³-hybridized carbons (Fsp3) is 0.250. The predicted molar refractivity (Wildman–Crippen MR) is 119 cm³/mol. The lowest BCUT2D eigenvalue weighted by Gasteiger charge is -2.20. The van der Waals surface area contributed by atoms with Gasteiger partial charge in [-0.05, 0) is 47.7 Å². The van der Waals surface area contributed by atoms with Gasteiger partial charge in [-0.25, -0.2) is 4.79 Å². The van der Waals surface area contributed by atoms with Crippen LogP contribution in [-0.4, -0.2) is 23.3 Å². The van der Waals surface area contributed by atoms with E-state index in [0.717, 1.165) is 5.56 Å². The molecule has 2 aromatic carbocycles. The van der Waals surface area contributed by atoms with Crippen molar-refractivity contribution >= 4 is 11.6 Å². The predicted octanol–water partition coefficient (Wildman–Crippen LogP) is 4.72. The summed E-state index contributed by atoms with van der Waals surface area (Å²) in [7, 11) is 1.57. The van der Waals surface area contributed by atoms with E-state index in [2.05, 4.69) is 37.6 Å². The topological polar surface area (TPSA) is 53.4 Å². The van der Waals surface area contributed by atoms with Gasteiger partial charge in [0.15, 0.2) is 11.5 Å². The summed E-state index contributed by atoms with van der Waals surface area (Å²) in [6, 6.07) is 14.2. The number of aromatic nitrogens is 2. The number of hydrogen-bond donors (Lipinski definition) is 0. The average molecular weight is 423 g/mol. The van der Waals surface area contributed by atoms with Crippen molar-refractivity contribution in [1.29, 1.82) is 0 Å². The summed E-state index contributed by atoms with van der Waals surface area (Å²) in [4.78, 5) is 16.6. The van der Waals surface area contributed by atoms with Gasteiger partial charge in [-0.15, -0.1) is 0 Å². The molecule has 0 fully saturated rings. The van der Waals surface area contributed by atoms with Crippen molar-refractivity contribution in [3.8, 4) is 29.0 Å². The first-order valence-corrected chi connectivity index (χ1v) is 9.81. The van der Waals surface area contributed by atoms with Crippen molar-refractivity contribution in [2.24, 2.45) is 5.41 Å². The Kier molecular flexibility index (Phi) is 6.49. The van der Waals surface area contributed by atoms with E-state index in [1.807, 2.05) is 12.1 Å². The van der Waals surface area contributed by atoms with E-state index in [-0.39, 0.29) is 5.41 Å². The molecule has 5 nitrogen and oxygen atoms in total. The van der Waals surface area contributed by atoms with Gasteiger partial charge in [0.25, 0.3) is 0 Å². The zero-order valence-electron chi connectivity index (χ0n) is 17.4. The molecular formula is C24H23ClN2O3. The largest absolute Gasteiger partial charge is 0.493 e. The van der Waals surface area contributed by atoms with Gasteiger partial charge in [0.05, 0.1) is 19.4 Å². The first kappa shape index (κ1) is 21.5. The number of nitrogens with zero attached hydrogens (tertiary/aromatic N) is 2. The van der Waals surface area contributed by atoms with E-state index in [0.29, 0.717) is 34.5 Å². The Morgan fingerprint density at radius 2 is 1.87 bits per heavy atom. The molecule has 0 atom stereocenters. The summed E-state index contributed by atoms with van der Waals surface area (Å²) in [6.45, 7) is 6.83. The first-order valence-electron chi connectivity index (χ1n) is 9.44. The lowest BCUT2D eigenvalue weighted by molar-refractivity contribution is 0.191. The number of rotatable bonds is 4. The van der Waals surface area contributed by atoms with Crippen LogP contribution in [0.5, 0.6) is 11.5 Å². The lowest BCUT2D eigenvalue weighted by Crippen LogP contribution is -2.21. The second kappa shape index (κ2) is 9.06. The van der Waals surface area contributed by atoms with E-state index < -0.39 is 5.69 Å². The second-order valence-electron chi connectivity index (χ2n) is 7.91. The Bertz CT molecular complexity index is 1170. The number of benzene rings is 2. The Morgan fingerprint density at radius 1 is 1.07 bits per heavy atom. The number of hydrogen-bond acceptors (Lipinski definition) is 4. The van der Waals surface area contributed by atoms with Gasteiger partial charge in [0.2, 0.25) is 0 Å². The molecule has 0 saturated carbocycles. The molecule has 0 radical (unpaired) electrons. The summed E-state index contributed by atoms with van der Waals surface area (Å²) in [5.41, 5.74) is 1.35. The Morgan fingerprint density at radius 3 is 2.53 bits per heavy atom. The van der Waals surface area contributed by atoms with Gasteiger partial charge >= 0.3 is 5.69 Å². The monoisotopic (exact) mass is 422 g/mol. The molecule has 154 valence electrons. The molecule has 6 heteroatoms. The van der Waals surface area contributed by atoms with Crippen molar-refractivity contribution in [1.82, 2.24) is 9.55 Å². The molecule has 3 rings (SSSR count). The van der Waals surface area contributed by atoms with Gasteiger partial charge < -0.3 is 9.47 Å². The van der Waals surface area contributed by atoms with Gasteiger partial charge in [-0.2, -0.15) is 4.98 Å². The van der Waals surface area contributed by atoms with Crippen molar-refractivity contribution in [3.63, 3.8) is 0 Å². The van der Waals surface area contributed by atoms with E-state index in [4.69, 9.17) is 21.1 Å². The van der Waals surface area contributed by atoms with Crippen LogP contribution < -0.4 is 15.2 Å². The first-order chi connectivity index (χ1) is 14.2. The molecule has 1 heterocycles. The minimum absolute atomic E-state index is 0.0203. The van der Waals surface area contributed by atoms with Crippen molar-refractivity contribution in [2.75, 3.05) is 13.7 Å². The molecule has 0 amide bonds. The van der Waals surface area contributed by atoms with E-state index in [9.17, 15) is 4.79 Å². The minimum atomic E-state index is -0.432. The maximum absolute atomic E-state index is 12.5. The standard InChI is InChI=1S/C24H23ClN2O3/c1-24(2,3)16-30-21-11-10-20(15-22(21)29-4)27-13-12-19(26-23(27)28)9-8-17-6-5-7-18(25)14-17/h5-7,10-15H,16H2,1-4H3. The summed E-state index contributed by atoms with van der Waals surface area (Å²) in [5, 5.41) is 0.606. The summed E-state index contributed by atoms with van der Waals surface area (Å²) < 4.78 is 12.7. The van der Waals surface area contributed by atoms with Gasteiger partial charge in [0, 0.05) is 22.8 Å². The van der Waals surface area contributed by atoms with E-state index in [1.54, 1.807) is 49.7 Å². The fourth-order valence-corrected chi connectivity index (χ4v) is 2.78. The van der Waals surface area contributed by atoms with Crippen LogP contribution in [0.25, 0.3) is 5.69 Å². The van der Waals surface area contributed by atoms with E-state index in [1.165, 1.54) is 4.57 Å². The van der Waals surface area contributed by atoms with Gasteiger partial charge in [-0.1, -0.05) is 44.4 Å². The van der Waals surface area contributed by atoms with Crippen LogP contribution in [0.4, 0.5) is 0 Å². The number of methoxy groups -OCH3 is 1. The van der Waals surface area contributed by atoms with E-state index >= 15 is 0 Å². The molecule has 0 aliphatic heterocycles. The van der Waals surface area contributed by atoms with Crippen molar-refractivity contribution in [2.45, 2.75) is 20.8 Å². The van der Waals surface area contributed by atoms with Gasteiger partial charge in [-0.3, -0.25) is 4.57 Å². The fourth-order valence-electron chi connectivity index (χ4n) is 2.59. The highest BCUT2D eigenvalue weighted by molar-refractivity contribution is 6.30. The Labute approximate surface area is 181 Å². The molecule has 0 aliphatic rings. The minimum Gasteiger partial charge on any atom is -0.493 e. The van der Waals surface area contributed by atoms with Gasteiger partial charge in [0.1, 0.15) is 5.69 Å². The molecule has 3 aromatic rings. The molecule has 1 aromatic heterocycles. The Hall–Kier alpha value is -3.23. The molecule has 0 spiro atoms. The van der Waals surface area contributed by atoms with Crippen LogP contribution >= 0.6 is 11.6 Å². The smallest absolute Gasteiger partial charge is 0.353 e. The highest BCUT2D eigenvalue weighted by Gasteiger charge is 2.14. The molecule has 0 aliphatic carbocycles. The molecule has 0 bridgehead atoms. The van der Waals surface area contributed by atoms with Crippen LogP contribution in [0.1, 0.15) is 32.0 Å². The summed E-state index contributed by atoms with van der Waals surface area (Å²) in [6.07, 6.45) is 1.64. The average Bonchev–Trinajstić information content (AvgIpc) is 2.70. The zero-order chi connectivity index (χ0) is 21.7. The SMILES string of the molecule is COc1cc(-n2ccc(C#Cc3cccc(Cl)c3)nc2=O)ccc1OCC(C)(C)C. The molecule has 0 saturated heterocycles. The maximum atomic E-state index is 12.5. The van der Waals surface area contributed by atoms with Crippen LogP contribution in [0, 0.1) is 17.3 Å². The highest BCUT2D eigenvalue weighted by atomic mass is 35.5. The third kappa shape index (κ3) is 5.65. The van der Waals surface area contributed by atoms with Crippen LogP contribution in [-0.2, 0) is 0 Å². The maximum Gasteiger partial charge on any atom is 0.353 e. The number of halogens is 1. The molecule has 30 heavy (non-hydrogen) atoms. The molecule has 0 N–H and O–H groups in total. The summed E-state index contributed by atoms with van der Waals surface area (Å²) >= 11 is 5.96. The quantitative estimate of drug-likeness (QED) is 0.571. The highest BCUT2D eigenvalue weighted by Crippen LogP contribution is 2.30. The zero-order valence-corrected chi connectivity index (χ0v) is 18.2. The second-order valence-corrected chi connectivity index (χ2v) is 8.35. The third-order valence-electron chi connectivity index (χ3n) is 4.05. The number of ether oxygens (including phenoxy) is 2. The lowest BCUT2D eigenvalue weighted by atomic mass is 9.99. The van der Waals surface area contributed by atoms with Crippen LogP contribution in [0.2, 0.25) is 5.02 Å². The third-order valence-corrected chi connectivity index (χ3v) is 4.28. The Balaban J connectivity index is 1.85. The molecular weight excluding hydrogens is 400 g/mol. The van der Waals surface area contributed by atoms with Crippen molar-refractivity contribution < 1.29 is 9.47 Å². The van der Waals surface area contributed by atoms with Crippen LogP contribution in [0.3, 0.4) is 0 Å².